The van der Waals surface area contributed by atoms with Crippen LogP contribution < -0.4 is 4.74 Å². The minimum absolute atomic E-state index is 0.0488. The van der Waals surface area contributed by atoms with Crippen LogP contribution in [0, 0.1) is 0 Å². The lowest BCUT2D eigenvalue weighted by Crippen LogP contribution is -2.45. The Labute approximate surface area is 152 Å². The van der Waals surface area contributed by atoms with Crippen molar-refractivity contribution in [3.8, 4) is 5.75 Å². The van der Waals surface area contributed by atoms with Crippen LogP contribution in [-0.4, -0.2) is 38.0 Å². The summed E-state index contributed by atoms with van der Waals surface area (Å²) in [6.45, 7) is 0.451. The van der Waals surface area contributed by atoms with E-state index in [2.05, 4.69) is 0 Å². The fourth-order valence-corrected chi connectivity index (χ4v) is 4.98. The minimum Gasteiger partial charge on any atom is -0.495 e. The summed E-state index contributed by atoms with van der Waals surface area (Å²) >= 11 is 5.97. The summed E-state index contributed by atoms with van der Waals surface area (Å²) in [6.07, 6.45) is 0.665. The van der Waals surface area contributed by atoms with Crippen LogP contribution in [0.1, 0.15) is 18.4 Å². The Morgan fingerprint density at radius 3 is 2.36 bits per heavy atom. The predicted molar refractivity (Wildman–Crippen MR) is 96.3 cm³/mol. The third kappa shape index (κ3) is 3.53. The Hall–Kier alpha value is -1.60. The summed E-state index contributed by atoms with van der Waals surface area (Å²) in [4.78, 5) is 0.0488. The van der Waals surface area contributed by atoms with Gasteiger partial charge in [0, 0.05) is 18.1 Å². The number of aliphatic hydroxyl groups is 1. The van der Waals surface area contributed by atoms with Crippen molar-refractivity contribution in [3.05, 3.63) is 59.1 Å². The van der Waals surface area contributed by atoms with Gasteiger partial charge in [0.15, 0.2) is 0 Å². The van der Waals surface area contributed by atoms with E-state index in [9.17, 15) is 13.5 Å². The molecule has 1 saturated heterocycles. The number of sulfonamides is 1. The van der Waals surface area contributed by atoms with Crippen molar-refractivity contribution in [1.29, 1.82) is 0 Å². The average molecular weight is 382 g/mol. The molecule has 1 fully saturated rings. The first kappa shape index (κ1) is 18.2. The molecule has 2 aromatic carbocycles. The SMILES string of the molecule is COc1ccc(Cl)cc1S(=O)(=O)N1CCC(O)(c2ccccc2)CC1. The summed E-state index contributed by atoms with van der Waals surface area (Å²) in [5.41, 5.74) is -0.196. The number of rotatable bonds is 4. The molecule has 0 spiro atoms. The van der Waals surface area contributed by atoms with E-state index in [1.54, 1.807) is 12.1 Å². The van der Waals surface area contributed by atoms with Gasteiger partial charge < -0.3 is 9.84 Å². The van der Waals surface area contributed by atoms with Crippen molar-refractivity contribution < 1.29 is 18.3 Å². The number of halogens is 1. The van der Waals surface area contributed by atoms with Crippen molar-refractivity contribution in [2.24, 2.45) is 0 Å². The van der Waals surface area contributed by atoms with E-state index in [0.29, 0.717) is 17.9 Å². The van der Waals surface area contributed by atoms with Gasteiger partial charge in [0.05, 0.1) is 12.7 Å². The van der Waals surface area contributed by atoms with Crippen LogP contribution in [0.5, 0.6) is 5.75 Å². The minimum atomic E-state index is -3.75. The van der Waals surface area contributed by atoms with Gasteiger partial charge in [-0.05, 0) is 36.6 Å². The summed E-state index contributed by atoms with van der Waals surface area (Å²) in [7, 11) is -2.32. The highest BCUT2D eigenvalue weighted by Gasteiger charge is 2.39. The second kappa shape index (κ2) is 6.96. The van der Waals surface area contributed by atoms with Crippen LogP contribution in [-0.2, 0) is 15.6 Å². The number of piperidine rings is 1. The number of methoxy groups -OCH3 is 1. The Kier molecular flexibility index (Phi) is 5.06. The third-order valence-electron chi connectivity index (χ3n) is 4.60. The molecule has 1 N–H and O–H groups in total. The van der Waals surface area contributed by atoms with Crippen molar-refractivity contribution in [3.63, 3.8) is 0 Å². The van der Waals surface area contributed by atoms with Gasteiger partial charge in [-0.3, -0.25) is 0 Å². The Morgan fingerprint density at radius 1 is 1.12 bits per heavy atom. The first-order valence-electron chi connectivity index (χ1n) is 7.98. The molecule has 0 bridgehead atoms. The molecule has 0 saturated carbocycles. The molecule has 1 heterocycles. The van der Waals surface area contributed by atoms with Gasteiger partial charge in [-0.2, -0.15) is 4.31 Å². The molecule has 0 unspecified atom stereocenters. The van der Waals surface area contributed by atoms with Crippen molar-refractivity contribution >= 4 is 21.6 Å². The first-order chi connectivity index (χ1) is 11.9. The Morgan fingerprint density at radius 2 is 1.76 bits per heavy atom. The summed E-state index contributed by atoms with van der Waals surface area (Å²) in [6, 6.07) is 13.9. The molecular weight excluding hydrogens is 362 g/mol. The lowest BCUT2D eigenvalue weighted by molar-refractivity contribution is -0.00962. The average Bonchev–Trinajstić information content (AvgIpc) is 2.63. The molecule has 2 aromatic rings. The Bertz CT molecular complexity index is 847. The van der Waals surface area contributed by atoms with E-state index in [4.69, 9.17) is 16.3 Å². The normalized spacial score (nSPS) is 18.0. The van der Waals surface area contributed by atoms with Crippen LogP contribution in [0.2, 0.25) is 5.02 Å². The zero-order chi connectivity index (χ0) is 18.1. The van der Waals surface area contributed by atoms with E-state index < -0.39 is 15.6 Å². The van der Waals surface area contributed by atoms with Crippen LogP contribution in [0.25, 0.3) is 0 Å². The molecule has 1 aliphatic heterocycles. The Balaban J connectivity index is 1.84. The van der Waals surface area contributed by atoms with Gasteiger partial charge in [-0.15, -0.1) is 0 Å². The van der Waals surface area contributed by atoms with Crippen molar-refractivity contribution in [2.75, 3.05) is 20.2 Å². The van der Waals surface area contributed by atoms with Crippen LogP contribution in [0.4, 0.5) is 0 Å². The van der Waals surface area contributed by atoms with Crippen LogP contribution in [0.3, 0.4) is 0 Å². The maximum Gasteiger partial charge on any atom is 0.246 e. The predicted octanol–water partition coefficient (Wildman–Crippen LogP) is 3.02. The first-order valence-corrected chi connectivity index (χ1v) is 9.80. The zero-order valence-electron chi connectivity index (χ0n) is 13.9. The van der Waals surface area contributed by atoms with Gasteiger partial charge in [0.25, 0.3) is 0 Å². The molecule has 0 atom stereocenters. The maximum atomic E-state index is 13.0. The molecule has 0 amide bonds. The van der Waals surface area contributed by atoms with Gasteiger partial charge in [-0.1, -0.05) is 41.9 Å². The van der Waals surface area contributed by atoms with Crippen molar-refractivity contribution in [1.82, 2.24) is 4.31 Å². The molecule has 0 radical (unpaired) electrons. The summed E-state index contributed by atoms with van der Waals surface area (Å²) in [5, 5.41) is 11.2. The molecule has 5 nitrogen and oxygen atoms in total. The van der Waals surface area contributed by atoms with E-state index in [1.807, 2.05) is 30.3 Å². The molecular formula is C18H20ClNO4S. The van der Waals surface area contributed by atoms with Crippen molar-refractivity contribution in [2.45, 2.75) is 23.3 Å². The molecule has 0 aliphatic carbocycles. The molecule has 134 valence electrons. The highest BCUT2D eigenvalue weighted by molar-refractivity contribution is 7.89. The van der Waals surface area contributed by atoms with Gasteiger partial charge >= 0.3 is 0 Å². The smallest absolute Gasteiger partial charge is 0.246 e. The monoisotopic (exact) mass is 381 g/mol. The number of benzene rings is 2. The number of ether oxygens (including phenoxy) is 1. The topological polar surface area (TPSA) is 66.8 Å². The molecule has 25 heavy (non-hydrogen) atoms. The second-order valence-corrected chi connectivity index (χ2v) is 8.44. The second-order valence-electron chi connectivity index (χ2n) is 6.10. The molecule has 0 aromatic heterocycles. The molecule has 3 rings (SSSR count). The number of nitrogens with zero attached hydrogens (tertiary/aromatic N) is 1. The molecule has 7 heteroatoms. The van der Waals surface area contributed by atoms with Crippen LogP contribution in [0.15, 0.2) is 53.4 Å². The van der Waals surface area contributed by atoms with E-state index in [1.165, 1.54) is 17.5 Å². The third-order valence-corrected chi connectivity index (χ3v) is 6.76. The summed E-state index contributed by atoms with van der Waals surface area (Å²) < 4.78 is 32.5. The largest absolute Gasteiger partial charge is 0.495 e. The standard InChI is InChI=1S/C18H20ClNO4S/c1-24-16-8-7-15(19)13-17(16)25(22,23)20-11-9-18(21,10-12-20)14-5-3-2-4-6-14/h2-8,13,21H,9-12H2,1H3. The highest BCUT2D eigenvalue weighted by Crippen LogP contribution is 2.36. The lowest BCUT2D eigenvalue weighted by Gasteiger charge is -2.38. The maximum absolute atomic E-state index is 13.0. The quantitative estimate of drug-likeness (QED) is 0.884. The molecule has 1 aliphatic rings. The van der Waals surface area contributed by atoms with Gasteiger partial charge in [0.2, 0.25) is 10.0 Å². The van der Waals surface area contributed by atoms with E-state index >= 15 is 0 Å². The fourth-order valence-electron chi connectivity index (χ4n) is 3.12. The van der Waals surface area contributed by atoms with E-state index in [-0.39, 0.29) is 23.7 Å². The van der Waals surface area contributed by atoms with Crippen LogP contribution >= 0.6 is 11.6 Å². The van der Waals surface area contributed by atoms with Gasteiger partial charge in [-0.25, -0.2) is 8.42 Å². The van der Waals surface area contributed by atoms with E-state index in [0.717, 1.165) is 5.56 Å². The fraction of sp³-hybridized carbons (Fsp3) is 0.333. The summed E-state index contributed by atoms with van der Waals surface area (Å²) in [5.74, 6) is 0.258. The number of hydrogen-bond donors (Lipinski definition) is 1. The highest BCUT2D eigenvalue weighted by atomic mass is 35.5. The zero-order valence-corrected chi connectivity index (χ0v) is 15.4. The number of hydrogen-bond acceptors (Lipinski definition) is 4. The lowest BCUT2D eigenvalue weighted by atomic mass is 9.85. The van der Waals surface area contributed by atoms with Gasteiger partial charge in [0.1, 0.15) is 10.6 Å².